The second-order valence-electron chi connectivity index (χ2n) is 2.00. The molecule has 1 heterocycles. The van der Waals surface area contributed by atoms with Gasteiger partial charge in [0, 0.05) is 0 Å². The van der Waals surface area contributed by atoms with E-state index in [1.165, 1.54) is 0 Å². The van der Waals surface area contributed by atoms with Crippen molar-refractivity contribution in [3.8, 4) is 0 Å². The summed E-state index contributed by atoms with van der Waals surface area (Å²) in [4.78, 5) is 10.0. The molecule has 0 aromatic carbocycles. The molecule has 2 heteroatoms. The molecule has 0 N–H and O–H groups in total. The van der Waals surface area contributed by atoms with Gasteiger partial charge in [0.1, 0.15) is 6.29 Å². The van der Waals surface area contributed by atoms with E-state index in [2.05, 4.69) is 0 Å². The van der Waals surface area contributed by atoms with Crippen molar-refractivity contribution in [2.45, 2.75) is 6.92 Å². The monoisotopic (exact) mass is 152 g/mol. The molecule has 0 aliphatic carbocycles. The van der Waals surface area contributed by atoms with E-state index in [9.17, 15) is 4.79 Å². The largest absolute Gasteiger partial charge is 0.299 e. The van der Waals surface area contributed by atoms with Crippen LogP contribution in [0.2, 0.25) is 0 Å². The topological polar surface area (TPSA) is 17.1 Å². The van der Waals surface area contributed by atoms with Crippen LogP contribution in [-0.2, 0) is 4.79 Å². The summed E-state index contributed by atoms with van der Waals surface area (Å²) >= 11 is 1.64. The summed E-state index contributed by atoms with van der Waals surface area (Å²) in [5.41, 5.74) is 2.16. The lowest BCUT2D eigenvalue weighted by Gasteiger charge is -1.90. The van der Waals surface area contributed by atoms with Gasteiger partial charge in [0.15, 0.2) is 0 Å². The zero-order valence-corrected chi connectivity index (χ0v) is 6.52. The molecule has 0 saturated heterocycles. The molecule has 0 unspecified atom stereocenters. The van der Waals surface area contributed by atoms with Gasteiger partial charge < -0.3 is 0 Å². The number of carbonyl (C=O) groups excluding carboxylic acids is 1. The molecule has 1 rings (SSSR count). The molecule has 1 aromatic heterocycles. The Bertz CT molecular complexity index is 234. The van der Waals surface area contributed by atoms with Crippen molar-refractivity contribution >= 4 is 23.2 Å². The van der Waals surface area contributed by atoms with Crippen LogP contribution in [0.3, 0.4) is 0 Å². The summed E-state index contributed by atoms with van der Waals surface area (Å²) in [6.07, 6.45) is 2.38. The molecule has 1 aromatic rings. The fraction of sp³-hybridized carbons (Fsp3) is 0.125. The smallest absolute Gasteiger partial charge is 0.143 e. The van der Waals surface area contributed by atoms with E-state index in [-0.39, 0.29) is 0 Å². The number of aldehydes is 1. The number of hydrogen-bond acceptors (Lipinski definition) is 2. The van der Waals surface area contributed by atoms with Gasteiger partial charge >= 0.3 is 0 Å². The molecule has 0 amide bonds. The number of rotatable bonds is 2. The standard InChI is InChI=1S/C8H8OS/c1-7(2-4-9)8-3-5-10-6-8/h2-6H,1H3/b7-2-. The van der Waals surface area contributed by atoms with Crippen LogP contribution >= 0.6 is 11.3 Å². The van der Waals surface area contributed by atoms with Crippen LogP contribution in [0.5, 0.6) is 0 Å². The van der Waals surface area contributed by atoms with Gasteiger partial charge in [0.05, 0.1) is 0 Å². The predicted molar refractivity (Wildman–Crippen MR) is 44.0 cm³/mol. The number of carbonyl (C=O) groups is 1. The van der Waals surface area contributed by atoms with Gasteiger partial charge in [-0.15, -0.1) is 0 Å². The van der Waals surface area contributed by atoms with E-state index in [1.807, 2.05) is 23.8 Å². The van der Waals surface area contributed by atoms with Crippen LogP contribution in [0.15, 0.2) is 22.9 Å². The van der Waals surface area contributed by atoms with Gasteiger partial charge in [0.2, 0.25) is 0 Å². The average Bonchev–Trinajstić information content (AvgIpc) is 2.38. The fourth-order valence-electron chi connectivity index (χ4n) is 0.687. The molecule has 52 valence electrons. The number of allylic oxidation sites excluding steroid dienone is 2. The van der Waals surface area contributed by atoms with Crippen LogP contribution in [-0.4, -0.2) is 6.29 Å². The van der Waals surface area contributed by atoms with Crippen molar-refractivity contribution in [3.63, 3.8) is 0 Å². The van der Waals surface area contributed by atoms with Gasteiger partial charge in [-0.25, -0.2) is 0 Å². The van der Waals surface area contributed by atoms with Crippen molar-refractivity contribution in [2.75, 3.05) is 0 Å². The average molecular weight is 152 g/mol. The van der Waals surface area contributed by atoms with E-state index in [4.69, 9.17) is 0 Å². The normalized spacial score (nSPS) is 11.5. The Labute approximate surface area is 64.0 Å². The molecule has 0 atom stereocenters. The van der Waals surface area contributed by atoms with Gasteiger partial charge in [-0.3, -0.25) is 4.79 Å². The Morgan fingerprint density at radius 3 is 3.00 bits per heavy atom. The highest BCUT2D eigenvalue weighted by Crippen LogP contribution is 2.15. The van der Waals surface area contributed by atoms with Crippen LogP contribution in [0.25, 0.3) is 5.57 Å². The summed E-state index contributed by atoms with van der Waals surface area (Å²) in [6.45, 7) is 1.93. The maximum Gasteiger partial charge on any atom is 0.143 e. The molecule has 1 nitrogen and oxygen atoms in total. The maximum atomic E-state index is 10.0. The van der Waals surface area contributed by atoms with E-state index in [0.29, 0.717) is 0 Å². The van der Waals surface area contributed by atoms with E-state index >= 15 is 0 Å². The molecule has 10 heavy (non-hydrogen) atoms. The Balaban J connectivity index is 2.86. The molecule has 0 radical (unpaired) electrons. The Morgan fingerprint density at radius 2 is 2.50 bits per heavy atom. The first-order chi connectivity index (χ1) is 4.84. The van der Waals surface area contributed by atoms with Crippen LogP contribution in [0.4, 0.5) is 0 Å². The van der Waals surface area contributed by atoms with Crippen molar-refractivity contribution in [1.29, 1.82) is 0 Å². The zero-order valence-electron chi connectivity index (χ0n) is 5.70. The SMILES string of the molecule is C/C(=C/C=O)c1ccsc1. The van der Waals surface area contributed by atoms with Gasteiger partial charge in [-0.1, -0.05) is 0 Å². The summed E-state index contributed by atoms with van der Waals surface area (Å²) < 4.78 is 0. The first-order valence-electron chi connectivity index (χ1n) is 2.99. The van der Waals surface area contributed by atoms with Crippen molar-refractivity contribution < 1.29 is 4.79 Å². The highest BCUT2D eigenvalue weighted by Gasteiger charge is 1.92. The molecular weight excluding hydrogens is 144 g/mol. The second-order valence-corrected chi connectivity index (χ2v) is 2.78. The maximum absolute atomic E-state index is 10.0. The van der Waals surface area contributed by atoms with Crippen molar-refractivity contribution in [2.24, 2.45) is 0 Å². The minimum atomic E-state index is 0.812. The Morgan fingerprint density at radius 1 is 1.70 bits per heavy atom. The minimum absolute atomic E-state index is 0.812. The minimum Gasteiger partial charge on any atom is -0.299 e. The van der Waals surface area contributed by atoms with Crippen LogP contribution < -0.4 is 0 Å². The van der Waals surface area contributed by atoms with Crippen molar-refractivity contribution in [1.82, 2.24) is 0 Å². The highest BCUT2D eigenvalue weighted by atomic mass is 32.1. The fourth-order valence-corrected chi connectivity index (χ4v) is 1.40. The Kier molecular flexibility index (Phi) is 2.40. The van der Waals surface area contributed by atoms with Crippen molar-refractivity contribution in [3.05, 3.63) is 28.5 Å². The quantitative estimate of drug-likeness (QED) is 0.469. The highest BCUT2D eigenvalue weighted by molar-refractivity contribution is 7.08. The van der Waals surface area contributed by atoms with E-state index in [0.717, 1.165) is 17.4 Å². The molecule has 0 bridgehead atoms. The van der Waals surface area contributed by atoms with Gasteiger partial charge in [0.25, 0.3) is 0 Å². The molecule has 0 fully saturated rings. The zero-order chi connectivity index (χ0) is 7.40. The summed E-state index contributed by atoms with van der Waals surface area (Å²) in [6, 6.07) is 2.00. The number of thiophene rings is 1. The Hall–Kier alpha value is -0.890. The van der Waals surface area contributed by atoms with Crippen LogP contribution in [0.1, 0.15) is 12.5 Å². The predicted octanol–water partition coefficient (Wildman–Crippen LogP) is 2.35. The lowest BCUT2D eigenvalue weighted by Crippen LogP contribution is -1.72. The molecule has 0 saturated carbocycles. The lowest BCUT2D eigenvalue weighted by molar-refractivity contribution is -0.104. The summed E-state index contributed by atoms with van der Waals surface area (Å²) in [5.74, 6) is 0. The third-order valence-electron chi connectivity index (χ3n) is 1.29. The second kappa shape index (κ2) is 3.32. The number of hydrogen-bond donors (Lipinski definition) is 0. The third-order valence-corrected chi connectivity index (χ3v) is 1.98. The molecule has 0 aliphatic rings. The molecular formula is C8H8OS. The first kappa shape index (κ1) is 7.22. The lowest BCUT2D eigenvalue weighted by atomic mass is 10.1. The van der Waals surface area contributed by atoms with Crippen LogP contribution in [0, 0.1) is 0 Å². The van der Waals surface area contributed by atoms with E-state index < -0.39 is 0 Å². The summed E-state index contributed by atoms with van der Waals surface area (Å²) in [5, 5.41) is 4.02. The third kappa shape index (κ3) is 1.54. The van der Waals surface area contributed by atoms with Gasteiger partial charge in [-0.2, -0.15) is 11.3 Å². The molecule has 0 aliphatic heterocycles. The summed E-state index contributed by atoms with van der Waals surface area (Å²) in [7, 11) is 0. The molecule has 0 spiro atoms. The first-order valence-corrected chi connectivity index (χ1v) is 3.93. The van der Waals surface area contributed by atoms with E-state index in [1.54, 1.807) is 17.4 Å². The van der Waals surface area contributed by atoms with Gasteiger partial charge in [-0.05, 0) is 41.0 Å².